The molecular weight excluding hydrogens is 352 g/mol. The van der Waals surface area contributed by atoms with Crippen LogP contribution in [0.1, 0.15) is 11.1 Å². The molecule has 0 fully saturated rings. The van der Waals surface area contributed by atoms with Crippen LogP contribution in [0.2, 0.25) is 10.0 Å². The van der Waals surface area contributed by atoms with Gasteiger partial charge in [-0.25, -0.2) is 4.39 Å². The first-order valence-corrected chi connectivity index (χ1v) is 8.12. The lowest BCUT2D eigenvalue weighted by Gasteiger charge is -2.14. The van der Waals surface area contributed by atoms with Crippen molar-refractivity contribution in [3.63, 3.8) is 0 Å². The Kier molecular flexibility index (Phi) is 4.90. The minimum atomic E-state index is -0.388. The number of pyridine rings is 1. The lowest BCUT2D eigenvalue weighted by molar-refractivity contribution is 0.300. The van der Waals surface area contributed by atoms with Crippen LogP contribution >= 0.6 is 23.2 Å². The summed E-state index contributed by atoms with van der Waals surface area (Å²) in [6, 6.07) is 10.9. The van der Waals surface area contributed by atoms with Crippen LogP contribution in [-0.4, -0.2) is 16.3 Å². The Labute approximate surface area is 147 Å². The molecule has 6 heteroatoms. The highest BCUT2D eigenvalue weighted by Crippen LogP contribution is 2.24. The van der Waals surface area contributed by atoms with Crippen molar-refractivity contribution >= 4 is 34.1 Å². The van der Waals surface area contributed by atoms with E-state index in [1.54, 1.807) is 28.8 Å². The molecule has 1 N–H and O–H groups in total. The molecule has 0 unspecified atom stereocenters. The first kappa shape index (κ1) is 17.0. The van der Waals surface area contributed by atoms with Gasteiger partial charge in [-0.1, -0.05) is 29.3 Å². The third-order valence-corrected chi connectivity index (χ3v) is 4.60. The predicted octanol–water partition coefficient (Wildman–Crippen LogP) is 4.03. The van der Waals surface area contributed by atoms with Gasteiger partial charge in [-0.15, -0.1) is 0 Å². The van der Waals surface area contributed by atoms with Crippen LogP contribution in [0, 0.1) is 5.82 Å². The first-order chi connectivity index (χ1) is 11.5. The van der Waals surface area contributed by atoms with Gasteiger partial charge in [0.15, 0.2) is 0 Å². The molecular formula is C18H14Cl2FNO2. The van der Waals surface area contributed by atoms with Crippen molar-refractivity contribution in [1.29, 1.82) is 0 Å². The molecule has 1 heterocycles. The van der Waals surface area contributed by atoms with Crippen molar-refractivity contribution in [2.45, 2.75) is 13.0 Å². The molecule has 0 aliphatic rings. The van der Waals surface area contributed by atoms with Crippen molar-refractivity contribution in [3.8, 4) is 0 Å². The third kappa shape index (κ3) is 3.31. The second-order valence-corrected chi connectivity index (χ2v) is 6.29. The number of aliphatic hydroxyl groups is 1. The fourth-order valence-electron chi connectivity index (χ4n) is 2.74. The number of aliphatic hydroxyl groups excluding tert-OH is 1. The summed E-state index contributed by atoms with van der Waals surface area (Å²) in [6.45, 7) is 0.180. The Morgan fingerprint density at radius 2 is 1.83 bits per heavy atom. The number of hydrogen-bond donors (Lipinski definition) is 1. The van der Waals surface area contributed by atoms with E-state index in [4.69, 9.17) is 23.2 Å². The van der Waals surface area contributed by atoms with E-state index >= 15 is 0 Å². The lowest BCUT2D eigenvalue weighted by atomic mass is 10.1. The summed E-state index contributed by atoms with van der Waals surface area (Å²) in [7, 11) is 0. The number of aromatic nitrogens is 1. The summed E-state index contributed by atoms with van der Waals surface area (Å²) in [4.78, 5) is 12.5. The van der Waals surface area contributed by atoms with Crippen LogP contribution < -0.4 is 5.56 Å². The standard InChI is InChI=1S/C18H14Cl2FNO2/c19-15-3-1-11(7-16(15)20)10-22-17-4-2-13(21)9-14(17)12(5-6-23)8-18(22)24/h1-4,7-9,23H,5-6,10H2. The summed E-state index contributed by atoms with van der Waals surface area (Å²) in [5, 5.41) is 10.6. The van der Waals surface area contributed by atoms with Crippen LogP contribution in [0.4, 0.5) is 4.39 Å². The van der Waals surface area contributed by atoms with Crippen molar-refractivity contribution < 1.29 is 9.50 Å². The molecule has 3 nitrogen and oxygen atoms in total. The number of nitrogens with zero attached hydrogens (tertiary/aromatic N) is 1. The van der Waals surface area contributed by atoms with Gasteiger partial charge in [0, 0.05) is 18.1 Å². The van der Waals surface area contributed by atoms with Gasteiger partial charge in [0.05, 0.1) is 22.1 Å². The predicted molar refractivity (Wildman–Crippen MR) is 94.5 cm³/mol. The SMILES string of the molecule is O=c1cc(CCO)c2cc(F)ccc2n1Cc1ccc(Cl)c(Cl)c1. The van der Waals surface area contributed by atoms with E-state index in [1.807, 2.05) is 0 Å². The van der Waals surface area contributed by atoms with Gasteiger partial charge in [-0.2, -0.15) is 0 Å². The lowest BCUT2D eigenvalue weighted by Crippen LogP contribution is -2.21. The molecule has 3 rings (SSSR count). The van der Waals surface area contributed by atoms with Gasteiger partial charge >= 0.3 is 0 Å². The Bertz CT molecular complexity index is 969. The highest BCUT2D eigenvalue weighted by atomic mass is 35.5. The summed E-state index contributed by atoms with van der Waals surface area (Å²) < 4.78 is 15.2. The van der Waals surface area contributed by atoms with Crippen LogP contribution in [0.5, 0.6) is 0 Å². The zero-order valence-electron chi connectivity index (χ0n) is 12.6. The van der Waals surface area contributed by atoms with Gasteiger partial charge < -0.3 is 9.67 Å². The molecule has 0 radical (unpaired) electrons. The van der Waals surface area contributed by atoms with Crippen molar-refractivity contribution in [1.82, 2.24) is 4.57 Å². The van der Waals surface area contributed by atoms with Crippen LogP contribution in [0.25, 0.3) is 10.9 Å². The highest BCUT2D eigenvalue weighted by molar-refractivity contribution is 6.42. The molecule has 1 aromatic heterocycles. The van der Waals surface area contributed by atoms with Gasteiger partial charge in [0.25, 0.3) is 5.56 Å². The van der Waals surface area contributed by atoms with Crippen LogP contribution in [0.3, 0.4) is 0 Å². The monoisotopic (exact) mass is 365 g/mol. The van der Waals surface area contributed by atoms with E-state index in [2.05, 4.69) is 0 Å². The normalized spacial score (nSPS) is 11.2. The molecule has 0 saturated heterocycles. The molecule has 0 saturated carbocycles. The maximum Gasteiger partial charge on any atom is 0.251 e. The molecule has 0 amide bonds. The summed E-state index contributed by atoms with van der Waals surface area (Å²) >= 11 is 11.9. The minimum Gasteiger partial charge on any atom is -0.396 e. The quantitative estimate of drug-likeness (QED) is 0.758. The number of hydrogen-bond acceptors (Lipinski definition) is 2. The largest absolute Gasteiger partial charge is 0.396 e. The Hall–Kier alpha value is -1.88. The van der Waals surface area contributed by atoms with E-state index in [0.717, 1.165) is 5.56 Å². The van der Waals surface area contributed by atoms with Gasteiger partial charge in [0.2, 0.25) is 0 Å². The Morgan fingerprint density at radius 3 is 2.54 bits per heavy atom. The Morgan fingerprint density at radius 1 is 1.04 bits per heavy atom. The molecule has 3 aromatic rings. The summed E-state index contributed by atoms with van der Waals surface area (Å²) in [6.07, 6.45) is 0.294. The fourth-order valence-corrected chi connectivity index (χ4v) is 3.06. The Balaban J connectivity index is 2.17. The molecule has 0 aliphatic heterocycles. The van der Waals surface area contributed by atoms with Crippen molar-refractivity contribution in [2.24, 2.45) is 0 Å². The van der Waals surface area contributed by atoms with Crippen LogP contribution in [-0.2, 0) is 13.0 Å². The average Bonchev–Trinajstić information content (AvgIpc) is 2.55. The van der Waals surface area contributed by atoms with Gasteiger partial charge in [0.1, 0.15) is 5.82 Å². The summed E-state index contributed by atoms with van der Waals surface area (Å²) in [5.74, 6) is -0.388. The van der Waals surface area contributed by atoms with E-state index in [-0.39, 0.29) is 24.5 Å². The fraction of sp³-hybridized carbons (Fsp3) is 0.167. The molecule has 2 aromatic carbocycles. The number of rotatable bonds is 4. The molecule has 0 bridgehead atoms. The zero-order chi connectivity index (χ0) is 17.3. The number of benzene rings is 2. The first-order valence-electron chi connectivity index (χ1n) is 7.36. The van der Waals surface area contributed by atoms with E-state index < -0.39 is 0 Å². The molecule has 0 spiro atoms. The maximum absolute atomic E-state index is 13.6. The molecule has 0 aliphatic carbocycles. The zero-order valence-corrected chi connectivity index (χ0v) is 14.1. The molecule has 124 valence electrons. The smallest absolute Gasteiger partial charge is 0.251 e. The third-order valence-electron chi connectivity index (χ3n) is 3.86. The van der Waals surface area contributed by atoms with E-state index in [1.165, 1.54) is 18.2 Å². The van der Waals surface area contributed by atoms with Crippen molar-refractivity contribution in [2.75, 3.05) is 6.61 Å². The van der Waals surface area contributed by atoms with E-state index in [9.17, 15) is 14.3 Å². The average molecular weight is 366 g/mol. The maximum atomic E-state index is 13.6. The van der Waals surface area contributed by atoms with Gasteiger partial charge in [-0.05, 0) is 47.9 Å². The second kappa shape index (κ2) is 6.93. The number of fused-ring (bicyclic) bond motifs is 1. The van der Waals surface area contributed by atoms with Crippen molar-refractivity contribution in [3.05, 3.63) is 79.8 Å². The minimum absolute atomic E-state index is 0.109. The number of halogens is 3. The summed E-state index contributed by atoms with van der Waals surface area (Å²) in [5.41, 5.74) is 1.83. The topological polar surface area (TPSA) is 42.2 Å². The van der Waals surface area contributed by atoms with E-state index in [0.29, 0.717) is 32.9 Å². The molecule has 0 atom stereocenters. The van der Waals surface area contributed by atoms with Crippen LogP contribution in [0.15, 0.2) is 47.3 Å². The molecule has 24 heavy (non-hydrogen) atoms. The second-order valence-electron chi connectivity index (χ2n) is 5.48. The highest BCUT2D eigenvalue weighted by Gasteiger charge is 2.11. The van der Waals surface area contributed by atoms with Gasteiger partial charge in [-0.3, -0.25) is 4.79 Å².